The van der Waals surface area contributed by atoms with Crippen LogP contribution in [0.25, 0.3) is 0 Å². The third-order valence-corrected chi connectivity index (χ3v) is 8.88. The van der Waals surface area contributed by atoms with Gasteiger partial charge in [0.15, 0.2) is 0 Å². The van der Waals surface area contributed by atoms with E-state index in [2.05, 4.69) is 49.3 Å². The van der Waals surface area contributed by atoms with Gasteiger partial charge in [0, 0.05) is 33.7 Å². The molecule has 2 amide bonds. The van der Waals surface area contributed by atoms with Gasteiger partial charge in [0.2, 0.25) is 11.8 Å². The highest BCUT2D eigenvalue weighted by Gasteiger charge is 2.31. The molecule has 0 unspecified atom stereocenters. The zero-order valence-electron chi connectivity index (χ0n) is 21.5. The highest BCUT2D eigenvalue weighted by Crippen LogP contribution is 2.22. The molecular weight excluding hydrogens is 624 g/mol. The maximum absolute atomic E-state index is 13.8. The Morgan fingerprint density at radius 2 is 1.55 bits per heavy atom. The normalized spacial score (nSPS) is 14.6. The van der Waals surface area contributed by atoms with Crippen molar-refractivity contribution in [3.05, 3.63) is 104 Å². The van der Waals surface area contributed by atoms with E-state index in [1.54, 1.807) is 16.7 Å². The van der Waals surface area contributed by atoms with Crippen LogP contribution in [0.2, 0.25) is 0 Å². The minimum absolute atomic E-state index is 0.0215. The van der Waals surface area contributed by atoms with Crippen molar-refractivity contribution in [3.8, 4) is 0 Å². The van der Waals surface area contributed by atoms with Gasteiger partial charge >= 0.3 is 0 Å². The zero-order valence-corrected chi connectivity index (χ0v) is 25.4. The van der Waals surface area contributed by atoms with Crippen molar-refractivity contribution in [2.24, 2.45) is 0 Å². The van der Waals surface area contributed by atoms with Gasteiger partial charge in [-0.1, -0.05) is 106 Å². The molecule has 0 heterocycles. The standard InChI is InChI=1S/C31H34Br2N2O2S/c32-26-16-14-24(15-17-26)21-38-22-30(36)35(20-25-10-7-11-27(33)18-25)29(19-23-8-3-1-4-9-23)31(37)34-28-12-5-2-6-13-28/h1,3-4,7-11,14-18,28-29H,2,5-6,12-13,19-22H2,(H,34,37)/t29-/m0/s1. The Labute approximate surface area is 247 Å². The molecule has 0 aromatic heterocycles. The van der Waals surface area contributed by atoms with Crippen LogP contribution in [-0.4, -0.2) is 34.6 Å². The molecule has 1 aliphatic carbocycles. The highest BCUT2D eigenvalue weighted by atomic mass is 79.9. The smallest absolute Gasteiger partial charge is 0.243 e. The van der Waals surface area contributed by atoms with E-state index in [-0.39, 0.29) is 17.9 Å². The molecule has 200 valence electrons. The van der Waals surface area contributed by atoms with Gasteiger partial charge in [0.25, 0.3) is 0 Å². The molecule has 1 fully saturated rings. The molecule has 4 rings (SSSR count). The molecule has 1 N–H and O–H groups in total. The van der Waals surface area contributed by atoms with E-state index in [1.165, 1.54) is 12.0 Å². The van der Waals surface area contributed by atoms with Gasteiger partial charge < -0.3 is 10.2 Å². The molecule has 3 aromatic rings. The molecule has 7 heteroatoms. The summed E-state index contributed by atoms with van der Waals surface area (Å²) in [6, 6.07) is 25.8. The minimum Gasteiger partial charge on any atom is -0.352 e. The maximum Gasteiger partial charge on any atom is 0.243 e. The summed E-state index contributed by atoms with van der Waals surface area (Å²) < 4.78 is 1.99. The number of amides is 2. The van der Waals surface area contributed by atoms with Crippen LogP contribution in [0.3, 0.4) is 0 Å². The van der Waals surface area contributed by atoms with Crippen molar-refractivity contribution < 1.29 is 9.59 Å². The van der Waals surface area contributed by atoms with Gasteiger partial charge in [-0.2, -0.15) is 0 Å². The van der Waals surface area contributed by atoms with Crippen LogP contribution in [0, 0.1) is 0 Å². The molecule has 3 aromatic carbocycles. The van der Waals surface area contributed by atoms with Crippen molar-refractivity contribution in [2.75, 3.05) is 5.75 Å². The number of rotatable bonds is 11. The van der Waals surface area contributed by atoms with Crippen molar-refractivity contribution in [1.82, 2.24) is 10.2 Å². The van der Waals surface area contributed by atoms with E-state index in [0.29, 0.717) is 18.7 Å². The first-order valence-electron chi connectivity index (χ1n) is 13.2. The summed E-state index contributed by atoms with van der Waals surface area (Å²) in [7, 11) is 0. The second-order valence-electron chi connectivity index (χ2n) is 9.82. The number of hydrogen-bond acceptors (Lipinski definition) is 3. The van der Waals surface area contributed by atoms with Gasteiger partial charge in [-0.05, 0) is 53.8 Å². The number of carbonyl (C=O) groups excluding carboxylic acids is 2. The highest BCUT2D eigenvalue weighted by molar-refractivity contribution is 9.10. The van der Waals surface area contributed by atoms with Gasteiger partial charge in [0.05, 0.1) is 5.75 Å². The summed E-state index contributed by atoms with van der Waals surface area (Å²) in [5.41, 5.74) is 3.21. The molecule has 0 saturated heterocycles. The van der Waals surface area contributed by atoms with Crippen LogP contribution in [0.15, 0.2) is 87.8 Å². The third kappa shape index (κ3) is 8.99. The van der Waals surface area contributed by atoms with E-state index in [0.717, 1.165) is 51.5 Å². The van der Waals surface area contributed by atoms with E-state index in [4.69, 9.17) is 0 Å². The van der Waals surface area contributed by atoms with Crippen molar-refractivity contribution in [2.45, 2.75) is 62.9 Å². The first-order chi connectivity index (χ1) is 18.5. The lowest BCUT2D eigenvalue weighted by Crippen LogP contribution is -2.53. The fourth-order valence-corrected chi connectivity index (χ4v) is 6.43. The first-order valence-corrected chi connectivity index (χ1v) is 15.9. The average Bonchev–Trinajstić information content (AvgIpc) is 2.93. The second-order valence-corrected chi connectivity index (χ2v) is 12.6. The third-order valence-electron chi connectivity index (χ3n) is 6.87. The van der Waals surface area contributed by atoms with Crippen molar-refractivity contribution in [1.29, 1.82) is 0 Å². The first kappa shape index (κ1) is 28.9. The molecule has 38 heavy (non-hydrogen) atoms. The molecule has 0 spiro atoms. The van der Waals surface area contributed by atoms with Crippen LogP contribution in [0.4, 0.5) is 0 Å². The van der Waals surface area contributed by atoms with Crippen LogP contribution in [-0.2, 0) is 28.3 Å². The lowest BCUT2D eigenvalue weighted by Gasteiger charge is -2.33. The van der Waals surface area contributed by atoms with Crippen LogP contribution in [0.1, 0.15) is 48.8 Å². The van der Waals surface area contributed by atoms with Gasteiger partial charge in [0.1, 0.15) is 6.04 Å². The molecule has 1 atom stereocenters. The lowest BCUT2D eigenvalue weighted by molar-refractivity contribution is -0.139. The topological polar surface area (TPSA) is 49.4 Å². The number of carbonyl (C=O) groups is 2. The number of nitrogens with zero attached hydrogens (tertiary/aromatic N) is 1. The van der Waals surface area contributed by atoms with Crippen LogP contribution < -0.4 is 5.32 Å². The molecule has 0 radical (unpaired) electrons. The zero-order chi connectivity index (χ0) is 26.7. The van der Waals surface area contributed by atoms with Gasteiger partial charge in [-0.25, -0.2) is 0 Å². The molecule has 4 nitrogen and oxygen atoms in total. The predicted molar refractivity (Wildman–Crippen MR) is 164 cm³/mol. The SMILES string of the molecule is O=C(NC1CCCCC1)[C@H](Cc1ccccc1)N(Cc1cccc(Br)c1)C(=O)CSCc1ccc(Br)cc1. The average molecular weight is 659 g/mol. The Kier molecular flexibility index (Phi) is 11.3. The quantitative estimate of drug-likeness (QED) is 0.232. The van der Waals surface area contributed by atoms with Crippen LogP contribution >= 0.6 is 43.6 Å². The van der Waals surface area contributed by atoms with E-state index in [9.17, 15) is 9.59 Å². The van der Waals surface area contributed by atoms with Crippen molar-refractivity contribution in [3.63, 3.8) is 0 Å². The number of benzene rings is 3. The Morgan fingerprint density at radius 3 is 2.26 bits per heavy atom. The maximum atomic E-state index is 13.8. The number of hydrogen-bond donors (Lipinski definition) is 1. The second kappa shape index (κ2) is 14.9. The van der Waals surface area contributed by atoms with Crippen LogP contribution in [0.5, 0.6) is 0 Å². The minimum atomic E-state index is -0.584. The summed E-state index contributed by atoms with van der Waals surface area (Å²) in [5.74, 6) is 0.974. The largest absolute Gasteiger partial charge is 0.352 e. The fraction of sp³-hybridized carbons (Fsp3) is 0.355. The Bertz CT molecular complexity index is 1180. The molecule has 1 aliphatic rings. The summed E-state index contributed by atoms with van der Waals surface area (Å²) in [6.45, 7) is 0.382. The number of nitrogens with one attached hydrogen (secondary N) is 1. The Balaban J connectivity index is 1.56. The van der Waals surface area contributed by atoms with Crippen molar-refractivity contribution >= 4 is 55.4 Å². The van der Waals surface area contributed by atoms with E-state index < -0.39 is 6.04 Å². The lowest BCUT2D eigenvalue weighted by atomic mass is 9.94. The van der Waals surface area contributed by atoms with E-state index >= 15 is 0 Å². The summed E-state index contributed by atoms with van der Waals surface area (Å²) >= 11 is 8.62. The fourth-order valence-electron chi connectivity index (χ4n) is 4.85. The van der Waals surface area contributed by atoms with E-state index in [1.807, 2.05) is 66.7 Å². The summed E-state index contributed by atoms with van der Waals surface area (Å²) in [5, 5.41) is 3.31. The molecule has 0 aliphatic heterocycles. The molecule has 1 saturated carbocycles. The van der Waals surface area contributed by atoms with Gasteiger partial charge in [-0.3, -0.25) is 9.59 Å². The number of thioether (sulfide) groups is 1. The van der Waals surface area contributed by atoms with Gasteiger partial charge in [-0.15, -0.1) is 11.8 Å². The monoisotopic (exact) mass is 656 g/mol. The Morgan fingerprint density at radius 1 is 0.842 bits per heavy atom. The Hall–Kier alpha value is -2.09. The molecular formula is C31H34Br2N2O2S. The predicted octanol–water partition coefficient (Wildman–Crippen LogP) is 7.53. The summed E-state index contributed by atoms with van der Waals surface area (Å²) in [6.07, 6.45) is 6.00. The molecule has 0 bridgehead atoms. The summed E-state index contributed by atoms with van der Waals surface area (Å²) in [4.78, 5) is 29.4. The number of halogens is 2.